The SMILES string of the molecule is COc1ccc(CNC(=O)/C(C#N)=C\c2ccc(OC(C)C)c(OC)c2)cc1. The summed E-state index contributed by atoms with van der Waals surface area (Å²) in [5, 5.41) is 12.1. The van der Waals surface area contributed by atoms with Gasteiger partial charge >= 0.3 is 0 Å². The average Bonchev–Trinajstić information content (AvgIpc) is 2.71. The normalized spacial score (nSPS) is 10.9. The first-order chi connectivity index (χ1) is 13.5. The fourth-order valence-electron chi connectivity index (χ4n) is 2.46. The first-order valence-electron chi connectivity index (χ1n) is 8.84. The Balaban J connectivity index is 2.11. The molecule has 0 aromatic heterocycles. The van der Waals surface area contributed by atoms with E-state index in [1.54, 1.807) is 32.4 Å². The van der Waals surface area contributed by atoms with Crippen LogP contribution in [0.1, 0.15) is 25.0 Å². The van der Waals surface area contributed by atoms with E-state index in [1.165, 1.54) is 6.08 Å². The molecule has 0 fully saturated rings. The Kier molecular flexibility index (Phi) is 7.46. The molecule has 28 heavy (non-hydrogen) atoms. The molecular formula is C22H24N2O4. The van der Waals surface area contributed by atoms with Crippen LogP contribution in [0.4, 0.5) is 0 Å². The lowest BCUT2D eigenvalue weighted by Gasteiger charge is -2.14. The highest BCUT2D eigenvalue weighted by Gasteiger charge is 2.11. The molecule has 0 unspecified atom stereocenters. The first kappa shape index (κ1) is 20.8. The van der Waals surface area contributed by atoms with Crippen LogP contribution in [-0.4, -0.2) is 26.2 Å². The van der Waals surface area contributed by atoms with Crippen molar-refractivity contribution >= 4 is 12.0 Å². The number of rotatable bonds is 8. The number of ether oxygens (including phenoxy) is 3. The third-order valence-corrected chi connectivity index (χ3v) is 3.84. The molecule has 2 rings (SSSR count). The van der Waals surface area contributed by atoms with E-state index in [0.29, 0.717) is 23.6 Å². The summed E-state index contributed by atoms with van der Waals surface area (Å²) in [5.74, 6) is 1.45. The topological polar surface area (TPSA) is 80.6 Å². The van der Waals surface area contributed by atoms with E-state index in [2.05, 4.69) is 5.32 Å². The van der Waals surface area contributed by atoms with Gasteiger partial charge in [0.05, 0.1) is 20.3 Å². The molecule has 0 bridgehead atoms. The minimum absolute atomic E-state index is 0.00749. The van der Waals surface area contributed by atoms with Gasteiger partial charge in [-0.3, -0.25) is 4.79 Å². The van der Waals surface area contributed by atoms with Gasteiger partial charge in [-0.25, -0.2) is 0 Å². The van der Waals surface area contributed by atoms with Gasteiger partial charge in [0.15, 0.2) is 11.5 Å². The molecule has 2 aromatic rings. The zero-order valence-corrected chi connectivity index (χ0v) is 16.5. The van der Waals surface area contributed by atoms with E-state index in [9.17, 15) is 10.1 Å². The summed E-state index contributed by atoms with van der Waals surface area (Å²) in [4.78, 5) is 12.4. The molecule has 0 radical (unpaired) electrons. The largest absolute Gasteiger partial charge is 0.497 e. The second kappa shape index (κ2) is 10.0. The minimum Gasteiger partial charge on any atom is -0.497 e. The van der Waals surface area contributed by atoms with E-state index >= 15 is 0 Å². The summed E-state index contributed by atoms with van der Waals surface area (Å²) in [6, 6.07) is 14.5. The standard InChI is InChI=1S/C22H24N2O4/c1-15(2)28-20-10-7-17(12-21(20)27-4)11-18(13-23)22(25)24-14-16-5-8-19(26-3)9-6-16/h5-12,15H,14H2,1-4H3,(H,24,25)/b18-11-. The van der Waals surface area contributed by atoms with Crippen molar-refractivity contribution in [1.29, 1.82) is 5.26 Å². The zero-order valence-electron chi connectivity index (χ0n) is 16.5. The van der Waals surface area contributed by atoms with Crippen molar-refractivity contribution < 1.29 is 19.0 Å². The predicted molar refractivity (Wildman–Crippen MR) is 107 cm³/mol. The fourth-order valence-corrected chi connectivity index (χ4v) is 2.46. The van der Waals surface area contributed by atoms with E-state index in [1.807, 2.05) is 44.2 Å². The number of carbonyl (C=O) groups is 1. The van der Waals surface area contributed by atoms with Crippen LogP contribution >= 0.6 is 0 Å². The lowest BCUT2D eigenvalue weighted by atomic mass is 10.1. The van der Waals surface area contributed by atoms with Gasteiger partial charge in [-0.1, -0.05) is 18.2 Å². The Labute approximate surface area is 165 Å². The molecule has 0 saturated heterocycles. The summed E-state index contributed by atoms with van der Waals surface area (Å²) in [5.41, 5.74) is 1.58. The molecule has 1 amide bonds. The molecule has 146 valence electrons. The van der Waals surface area contributed by atoms with Crippen LogP contribution in [0.25, 0.3) is 6.08 Å². The highest BCUT2D eigenvalue weighted by Crippen LogP contribution is 2.29. The number of methoxy groups -OCH3 is 2. The van der Waals surface area contributed by atoms with Crippen molar-refractivity contribution in [3.05, 3.63) is 59.2 Å². The van der Waals surface area contributed by atoms with Gasteiger partial charge in [-0.2, -0.15) is 5.26 Å². The van der Waals surface area contributed by atoms with Crippen LogP contribution in [0, 0.1) is 11.3 Å². The van der Waals surface area contributed by atoms with E-state index in [-0.39, 0.29) is 11.7 Å². The van der Waals surface area contributed by atoms with E-state index < -0.39 is 5.91 Å². The number of nitrogens with zero attached hydrogens (tertiary/aromatic N) is 1. The zero-order chi connectivity index (χ0) is 20.5. The van der Waals surface area contributed by atoms with Gasteiger partial charge in [0.25, 0.3) is 5.91 Å². The Morgan fingerprint density at radius 1 is 1.11 bits per heavy atom. The quantitative estimate of drug-likeness (QED) is 0.558. The Morgan fingerprint density at radius 3 is 2.39 bits per heavy atom. The maximum absolute atomic E-state index is 12.4. The van der Waals surface area contributed by atoms with Gasteiger partial charge in [0.1, 0.15) is 17.4 Å². The molecule has 0 aliphatic heterocycles. The second-order valence-corrected chi connectivity index (χ2v) is 6.28. The molecular weight excluding hydrogens is 356 g/mol. The first-order valence-corrected chi connectivity index (χ1v) is 8.84. The lowest BCUT2D eigenvalue weighted by Crippen LogP contribution is -2.23. The fraction of sp³-hybridized carbons (Fsp3) is 0.273. The van der Waals surface area contributed by atoms with E-state index in [0.717, 1.165) is 11.3 Å². The predicted octanol–water partition coefficient (Wildman–Crippen LogP) is 3.71. The number of nitriles is 1. The molecule has 0 aliphatic rings. The molecule has 6 heteroatoms. The molecule has 6 nitrogen and oxygen atoms in total. The van der Waals surface area contributed by atoms with Crippen LogP contribution in [0.3, 0.4) is 0 Å². The van der Waals surface area contributed by atoms with Crippen LogP contribution in [-0.2, 0) is 11.3 Å². The summed E-state index contributed by atoms with van der Waals surface area (Å²) in [7, 11) is 3.14. The third kappa shape index (κ3) is 5.78. The van der Waals surface area contributed by atoms with Gasteiger partial charge in [-0.15, -0.1) is 0 Å². The summed E-state index contributed by atoms with van der Waals surface area (Å²) in [6.07, 6.45) is 1.53. The van der Waals surface area contributed by atoms with Gasteiger partial charge < -0.3 is 19.5 Å². The second-order valence-electron chi connectivity index (χ2n) is 6.28. The van der Waals surface area contributed by atoms with Gasteiger partial charge in [-0.05, 0) is 55.3 Å². The average molecular weight is 380 g/mol. The number of nitrogens with one attached hydrogen (secondary N) is 1. The summed E-state index contributed by atoms with van der Waals surface area (Å²) >= 11 is 0. The van der Waals surface area contributed by atoms with Crippen molar-refractivity contribution in [3.8, 4) is 23.3 Å². The van der Waals surface area contributed by atoms with Crippen molar-refractivity contribution in [2.45, 2.75) is 26.5 Å². The number of amides is 1. The maximum atomic E-state index is 12.4. The molecule has 0 aliphatic carbocycles. The molecule has 1 N–H and O–H groups in total. The lowest BCUT2D eigenvalue weighted by molar-refractivity contribution is -0.117. The summed E-state index contributed by atoms with van der Waals surface area (Å²) in [6.45, 7) is 4.16. The number of benzene rings is 2. The van der Waals surface area contributed by atoms with Gasteiger partial charge in [0.2, 0.25) is 0 Å². The van der Waals surface area contributed by atoms with Crippen molar-refractivity contribution in [2.75, 3.05) is 14.2 Å². The molecule has 2 aromatic carbocycles. The van der Waals surface area contributed by atoms with Crippen molar-refractivity contribution in [3.63, 3.8) is 0 Å². The highest BCUT2D eigenvalue weighted by molar-refractivity contribution is 6.01. The molecule has 0 heterocycles. The molecule has 0 spiro atoms. The van der Waals surface area contributed by atoms with Crippen LogP contribution < -0.4 is 19.5 Å². The maximum Gasteiger partial charge on any atom is 0.262 e. The van der Waals surface area contributed by atoms with Gasteiger partial charge in [0, 0.05) is 6.54 Å². The van der Waals surface area contributed by atoms with E-state index in [4.69, 9.17) is 14.2 Å². The third-order valence-electron chi connectivity index (χ3n) is 3.84. The monoisotopic (exact) mass is 380 g/mol. The van der Waals surface area contributed by atoms with Crippen LogP contribution in [0.15, 0.2) is 48.0 Å². The number of hydrogen-bond donors (Lipinski definition) is 1. The number of carbonyl (C=O) groups excluding carboxylic acids is 1. The molecule has 0 atom stereocenters. The smallest absolute Gasteiger partial charge is 0.262 e. The minimum atomic E-state index is -0.445. The summed E-state index contributed by atoms with van der Waals surface area (Å²) < 4.78 is 16.1. The molecule has 0 saturated carbocycles. The number of hydrogen-bond acceptors (Lipinski definition) is 5. The van der Waals surface area contributed by atoms with Crippen LogP contribution in [0.5, 0.6) is 17.2 Å². The van der Waals surface area contributed by atoms with Crippen molar-refractivity contribution in [2.24, 2.45) is 0 Å². The highest BCUT2D eigenvalue weighted by atomic mass is 16.5. The van der Waals surface area contributed by atoms with Crippen LogP contribution in [0.2, 0.25) is 0 Å². The Bertz CT molecular complexity index is 880. The Morgan fingerprint density at radius 2 is 1.82 bits per heavy atom. The Hall–Kier alpha value is -3.46. The van der Waals surface area contributed by atoms with Crippen molar-refractivity contribution in [1.82, 2.24) is 5.32 Å².